The third-order valence-corrected chi connectivity index (χ3v) is 5.80. The number of carbonyl (C=O) groups excluding carboxylic acids is 1. The fourth-order valence-electron chi connectivity index (χ4n) is 4.62. The third kappa shape index (κ3) is 3.80. The van der Waals surface area contributed by atoms with Crippen molar-refractivity contribution in [3.8, 4) is 0 Å². The molecule has 1 aliphatic heterocycles. The summed E-state index contributed by atoms with van der Waals surface area (Å²) in [5.41, 5.74) is 0. The van der Waals surface area contributed by atoms with Gasteiger partial charge in [0.1, 0.15) is 0 Å². The van der Waals surface area contributed by atoms with Gasteiger partial charge in [-0.05, 0) is 45.1 Å². The van der Waals surface area contributed by atoms with E-state index in [4.69, 9.17) is 0 Å². The molecular formula is C18H32N2O. The molecule has 0 spiro atoms. The Kier molecular flexibility index (Phi) is 5.56. The number of piperidine rings is 1. The monoisotopic (exact) mass is 292 g/mol. The van der Waals surface area contributed by atoms with Crippen LogP contribution >= 0.6 is 0 Å². The van der Waals surface area contributed by atoms with Crippen LogP contribution in [-0.4, -0.2) is 35.5 Å². The molecule has 1 amide bonds. The Balaban J connectivity index is 1.71. The van der Waals surface area contributed by atoms with E-state index in [1.807, 2.05) is 0 Å². The smallest absolute Gasteiger partial charge is 0.240 e. The standard InChI is InChI=1S/C18H32N2O/c21-18(17-13-7-8-14-19-17)20(15-9-3-1-4-10-15)16-11-5-2-6-12-16/h15-17,19H,1-14H2/t17-/m1/s1. The van der Waals surface area contributed by atoms with E-state index in [1.165, 1.54) is 77.0 Å². The minimum atomic E-state index is 0.114. The van der Waals surface area contributed by atoms with Gasteiger partial charge in [0.15, 0.2) is 0 Å². The Morgan fingerprint density at radius 2 is 1.24 bits per heavy atom. The number of carbonyl (C=O) groups is 1. The number of hydrogen-bond acceptors (Lipinski definition) is 2. The largest absolute Gasteiger partial charge is 0.335 e. The maximum absolute atomic E-state index is 13.2. The molecule has 2 aliphatic carbocycles. The molecule has 0 radical (unpaired) electrons. The first-order valence-electron chi connectivity index (χ1n) is 9.42. The predicted molar refractivity (Wildman–Crippen MR) is 86.2 cm³/mol. The highest BCUT2D eigenvalue weighted by atomic mass is 16.2. The summed E-state index contributed by atoms with van der Waals surface area (Å²) < 4.78 is 0. The summed E-state index contributed by atoms with van der Waals surface area (Å²) in [5.74, 6) is 0.438. The second kappa shape index (κ2) is 7.62. The first-order chi connectivity index (χ1) is 10.4. The summed E-state index contributed by atoms with van der Waals surface area (Å²) in [4.78, 5) is 15.5. The van der Waals surface area contributed by atoms with Crippen LogP contribution in [0.15, 0.2) is 0 Å². The maximum Gasteiger partial charge on any atom is 0.240 e. The van der Waals surface area contributed by atoms with E-state index < -0.39 is 0 Å². The summed E-state index contributed by atoms with van der Waals surface area (Å²) in [6, 6.07) is 1.19. The summed E-state index contributed by atoms with van der Waals surface area (Å²) in [7, 11) is 0. The molecule has 0 bridgehead atoms. The van der Waals surface area contributed by atoms with Crippen LogP contribution < -0.4 is 5.32 Å². The van der Waals surface area contributed by atoms with Crippen LogP contribution in [-0.2, 0) is 4.79 Å². The topological polar surface area (TPSA) is 32.3 Å². The molecule has 3 rings (SSSR count). The van der Waals surface area contributed by atoms with E-state index in [-0.39, 0.29) is 6.04 Å². The molecule has 0 aromatic heterocycles. The molecule has 0 unspecified atom stereocenters. The molecule has 2 saturated carbocycles. The highest BCUT2D eigenvalue weighted by molar-refractivity contribution is 5.82. The second-order valence-electron chi connectivity index (χ2n) is 7.33. The van der Waals surface area contributed by atoms with Crippen molar-refractivity contribution >= 4 is 5.91 Å². The number of hydrogen-bond donors (Lipinski definition) is 1. The van der Waals surface area contributed by atoms with Crippen molar-refractivity contribution in [3.05, 3.63) is 0 Å². The van der Waals surface area contributed by atoms with Gasteiger partial charge >= 0.3 is 0 Å². The maximum atomic E-state index is 13.2. The molecular weight excluding hydrogens is 260 g/mol. The highest BCUT2D eigenvalue weighted by Crippen LogP contribution is 2.31. The van der Waals surface area contributed by atoms with Crippen LogP contribution in [0.25, 0.3) is 0 Å². The van der Waals surface area contributed by atoms with Crippen LogP contribution in [0.4, 0.5) is 0 Å². The van der Waals surface area contributed by atoms with E-state index >= 15 is 0 Å². The van der Waals surface area contributed by atoms with Crippen molar-refractivity contribution in [2.24, 2.45) is 0 Å². The van der Waals surface area contributed by atoms with Crippen LogP contribution in [0.3, 0.4) is 0 Å². The lowest BCUT2D eigenvalue weighted by Crippen LogP contribution is -2.56. The second-order valence-corrected chi connectivity index (χ2v) is 7.33. The number of rotatable bonds is 3. The van der Waals surface area contributed by atoms with Gasteiger partial charge in [-0.3, -0.25) is 4.79 Å². The van der Waals surface area contributed by atoms with E-state index in [0.717, 1.165) is 13.0 Å². The molecule has 1 atom stereocenters. The van der Waals surface area contributed by atoms with Gasteiger partial charge in [0.2, 0.25) is 5.91 Å². The molecule has 3 aliphatic rings. The summed E-state index contributed by atoms with van der Waals surface area (Å²) in [5, 5.41) is 3.49. The van der Waals surface area contributed by atoms with Crippen molar-refractivity contribution in [2.45, 2.75) is 102 Å². The van der Waals surface area contributed by atoms with Gasteiger partial charge in [-0.1, -0.05) is 44.9 Å². The average molecular weight is 292 g/mol. The zero-order valence-electron chi connectivity index (χ0n) is 13.5. The van der Waals surface area contributed by atoms with E-state index in [9.17, 15) is 4.79 Å². The quantitative estimate of drug-likeness (QED) is 0.861. The Morgan fingerprint density at radius 1 is 0.714 bits per heavy atom. The van der Waals surface area contributed by atoms with Gasteiger partial charge in [0.05, 0.1) is 6.04 Å². The Morgan fingerprint density at radius 3 is 1.71 bits per heavy atom. The van der Waals surface area contributed by atoms with Gasteiger partial charge < -0.3 is 10.2 Å². The lowest BCUT2D eigenvalue weighted by Gasteiger charge is -2.44. The molecule has 3 nitrogen and oxygen atoms in total. The molecule has 0 aromatic rings. The minimum absolute atomic E-state index is 0.114. The lowest BCUT2D eigenvalue weighted by molar-refractivity contribution is -0.141. The Bertz CT molecular complexity index is 308. The van der Waals surface area contributed by atoms with Crippen molar-refractivity contribution < 1.29 is 4.79 Å². The lowest BCUT2D eigenvalue weighted by atomic mass is 9.87. The van der Waals surface area contributed by atoms with E-state index in [0.29, 0.717) is 18.0 Å². The zero-order chi connectivity index (χ0) is 14.5. The van der Waals surface area contributed by atoms with Crippen molar-refractivity contribution in [3.63, 3.8) is 0 Å². The summed E-state index contributed by atoms with van der Waals surface area (Å²) >= 11 is 0. The molecule has 0 aromatic carbocycles. The van der Waals surface area contributed by atoms with Crippen LogP contribution in [0.2, 0.25) is 0 Å². The third-order valence-electron chi connectivity index (χ3n) is 5.80. The van der Waals surface area contributed by atoms with Gasteiger partial charge in [-0.25, -0.2) is 0 Å². The van der Waals surface area contributed by atoms with Gasteiger partial charge in [-0.15, -0.1) is 0 Å². The first kappa shape index (κ1) is 15.3. The van der Waals surface area contributed by atoms with Crippen LogP contribution in [0, 0.1) is 0 Å². The van der Waals surface area contributed by atoms with Crippen molar-refractivity contribution in [1.29, 1.82) is 0 Å². The fourth-order valence-corrected chi connectivity index (χ4v) is 4.62. The molecule has 3 fully saturated rings. The predicted octanol–water partition coefficient (Wildman–Crippen LogP) is 3.62. The number of amides is 1. The number of nitrogens with one attached hydrogen (secondary N) is 1. The van der Waals surface area contributed by atoms with Crippen LogP contribution in [0.5, 0.6) is 0 Å². The van der Waals surface area contributed by atoms with E-state index in [2.05, 4.69) is 10.2 Å². The Hall–Kier alpha value is -0.570. The average Bonchev–Trinajstić information content (AvgIpc) is 2.58. The summed E-state index contributed by atoms with van der Waals surface area (Å²) in [6.07, 6.45) is 16.5. The number of nitrogens with zero attached hydrogens (tertiary/aromatic N) is 1. The van der Waals surface area contributed by atoms with Crippen LogP contribution in [0.1, 0.15) is 83.5 Å². The Labute approximate surface area is 129 Å². The normalized spacial score (nSPS) is 29.2. The summed E-state index contributed by atoms with van der Waals surface area (Å²) in [6.45, 7) is 1.03. The van der Waals surface area contributed by atoms with E-state index in [1.54, 1.807) is 0 Å². The highest BCUT2D eigenvalue weighted by Gasteiger charge is 2.36. The molecule has 1 heterocycles. The van der Waals surface area contributed by atoms with Crippen molar-refractivity contribution in [1.82, 2.24) is 10.2 Å². The zero-order valence-corrected chi connectivity index (χ0v) is 13.5. The van der Waals surface area contributed by atoms with Gasteiger partial charge in [0.25, 0.3) is 0 Å². The molecule has 21 heavy (non-hydrogen) atoms. The minimum Gasteiger partial charge on any atom is -0.335 e. The molecule has 3 heteroatoms. The SMILES string of the molecule is O=C([C@H]1CCCCN1)N(C1CCCCC1)C1CCCCC1. The molecule has 1 N–H and O–H groups in total. The van der Waals surface area contributed by atoms with Gasteiger partial charge in [0, 0.05) is 12.1 Å². The first-order valence-corrected chi connectivity index (χ1v) is 9.42. The molecule has 120 valence electrons. The van der Waals surface area contributed by atoms with Crippen molar-refractivity contribution in [2.75, 3.05) is 6.54 Å². The molecule has 1 saturated heterocycles. The van der Waals surface area contributed by atoms with Gasteiger partial charge in [-0.2, -0.15) is 0 Å². The fraction of sp³-hybridized carbons (Fsp3) is 0.944.